The second kappa shape index (κ2) is 12.4. The lowest BCUT2D eigenvalue weighted by atomic mass is 9.96. The van der Waals surface area contributed by atoms with Gasteiger partial charge in [0, 0.05) is 34.5 Å². The molecule has 1 aromatic heterocycles. The van der Waals surface area contributed by atoms with Crippen LogP contribution in [0.4, 0.5) is 15.8 Å². The van der Waals surface area contributed by atoms with Gasteiger partial charge in [-0.3, -0.25) is 14.6 Å². The van der Waals surface area contributed by atoms with Crippen LogP contribution in [0.3, 0.4) is 0 Å². The van der Waals surface area contributed by atoms with E-state index in [0.717, 1.165) is 59.8 Å². The van der Waals surface area contributed by atoms with E-state index in [4.69, 9.17) is 5.73 Å². The Kier molecular flexibility index (Phi) is 8.56. The lowest BCUT2D eigenvalue weighted by molar-refractivity contribution is -0.109. The van der Waals surface area contributed by atoms with Crippen molar-refractivity contribution in [1.29, 1.82) is 0 Å². The maximum Gasteiger partial charge on any atom is 0.255 e. The van der Waals surface area contributed by atoms with Crippen LogP contribution >= 0.6 is 11.8 Å². The lowest BCUT2D eigenvalue weighted by Crippen LogP contribution is -2.21. The van der Waals surface area contributed by atoms with E-state index >= 15 is 0 Å². The molecule has 0 aliphatic heterocycles. The van der Waals surface area contributed by atoms with Crippen LogP contribution in [0.5, 0.6) is 0 Å². The summed E-state index contributed by atoms with van der Waals surface area (Å²) in [5.74, 6) is -1.37. The van der Waals surface area contributed by atoms with Gasteiger partial charge in [0.1, 0.15) is 6.29 Å². The van der Waals surface area contributed by atoms with Crippen LogP contribution in [0.15, 0.2) is 90.1 Å². The molecule has 7 nitrogen and oxygen atoms in total. The first kappa shape index (κ1) is 28.2. The number of carbonyl (C=O) groups is 3. The maximum absolute atomic E-state index is 14.0. The van der Waals surface area contributed by atoms with Gasteiger partial charge in [-0.15, -0.1) is 11.8 Å². The minimum absolute atomic E-state index is 0.0348. The molecule has 1 aliphatic carbocycles. The quantitative estimate of drug-likeness (QED) is 0.200. The number of amides is 2. The standard InChI is InChI=1S/C32H29FN4O3S/c33-28-19-35-15-12-29(28)37-31(40)23-6-7-24(18-34)27(17-23)22-4-3-5-25(16-22)36-30(39)21-8-10-26(11-9-21)41-32(20-38)13-1-2-14-32/h3-12,15-17,19-20H,1-2,13-14,18,34H2,(H,36,39)(H,35,37,40). The number of hydrogen-bond acceptors (Lipinski definition) is 6. The van der Waals surface area contributed by atoms with E-state index < -0.39 is 11.7 Å². The van der Waals surface area contributed by atoms with Gasteiger partial charge in [0.15, 0.2) is 5.82 Å². The zero-order valence-corrected chi connectivity index (χ0v) is 23.0. The second-order valence-corrected chi connectivity index (χ2v) is 11.4. The Labute approximate surface area is 241 Å². The summed E-state index contributed by atoms with van der Waals surface area (Å²) in [4.78, 5) is 42.2. The summed E-state index contributed by atoms with van der Waals surface area (Å²) in [6.45, 7) is 0.239. The summed E-state index contributed by atoms with van der Waals surface area (Å²) >= 11 is 1.57. The zero-order chi connectivity index (χ0) is 28.8. The van der Waals surface area contributed by atoms with Gasteiger partial charge in [-0.25, -0.2) is 4.39 Å². The topological polar surface area (TPSA) is 114 Å². The number of rotatable bonds is 9. The number of nitrogens with zero attached hydrogens (tertiary/aromatic N) is 1. The molecule has 4 aromatic rings. The third-order valence-corrected chi connectivity index (χ3v) is 8.57. The predicted molar refractivity (Wildman–Crippen MR) is 159 cm³/mol. The van der Waals surface area contributed by atoms with E-state index in [0.29, 0.717) is 16.8 Å². The molecule has 5 rings (SSSR count). The number of halogens is 1. The van der Waals surface area contributed by atoms with Crippen molar-refractivity contribution >= 4 is 41.2 Å². The fraction of sp³-hybridized carbons (Fsp3) is 0.188. The summed E-state index contributed by atoms with van der Waals surface area (Å²) in [5.41, 5.74) is 9.72. The molecule has 1 saturated carbocycles. The molecule has 2 amide bonds. The fourth-order valence-electron chi connectivity index (χ4n) is 4.93. The fourth-order valence-corrected chi connectivity index (χ4v) is 6.21. The van der Waals surface area contributed by atoms with Gasteiger partial charge in [-0.05, 0) is 84.1 Å². The number of anilines is 2. The summed E-state index contributed by atoms with van der Waals surface area (Å²) in [6.07, 6.45) is 7.36. The van der Waals surface area contributed by atoms with E-state index in [2.05, 4.69) is 15.6 Å². The number of thioether (sulfide) groups is 1. The van der Waals surface area contributed by atoms with Gasteiger partial charge in [0.25, 0.3) is 11.8 Å². The third-order valence-electron chi connectivity index (χ3n) is 7.15. The number of nitrogens with one attached hydrogen (secondary N) is 2. The number of hydrogen-bond donors (Lipinski definition) is 3. The Morgan fingerprint density at radius 1 is 0.951 bits per heavy atom. The van der Waals surface area contributed by atoms with E-state index in [-0.39, 0.29) is 22.9 Å². The van der Waals surface area contributed by atoms with Crippen LogP contribution in [-0.2, 0) is 11.3 Å². The molecule has 4 N–H and O–H groups in total. The van der Waals surface area contributed by atoms with Crippen molar-refractivity contribution in [3.63, 3.8) is 0 Å². The molecule has 0 bridgehead atoms. The van der Waals surface area contributed by atoms with Gasteiger partial charge in [0.2, 0.25) is 0 Å². The Bertz CT molecular complexity index is 1590. The number of nitrogens with two attached hydrogens (primary N) is 1. The highest BCUT2D eigenvalue weighted by Gasteiger charge is 2.34. The first-order valence-corrected chi connectivity index (χ1v) is 14.1. The third kappa shape index (κ3) is 6.53. The van der Waals surface area contributed by atoms with Crippen molar-refractivity contribution in [3.8, 4) is 11.1 Å². The van der Waals surface area contributed by atoms with Gasteiger partial charge in [0.05, 0.1) is 16.6 Å². The average molecular weight is 569 g/mol. The minimum Gasteiger partial charge on any atom is -0.326 e. The van der Waals surface area contributed by atoms with Crippen LogP contribution in [-0.4, -0.2) is 27.8 Å². The lowest BCUT2D eigenvalue weighted by Gasteiger charge is -2.20. The molecule has 0 unspecified atom stereocenters. The molecule has 1 fully saturated rings. The highest BCUT2D eigenvalue weighted by molar-refractivity contribution is 8.01. The van der Waals surface area contributed by atoms with E-state index in [1.54, 1.807) is 48.2 Å². The van der Waals surface area contributed by atoms with Crippen molar-refractivity contribution < 1.29 is 18.8 Å². The molecular formula is C32H29FN4O3S. The first-order chi connectivity index (χ1) is 19.9. The van der Waals surface area contributed by atoms with Gasteiger partial charge in [-0.2, -0.15) is 0 Å². The smallest absolute Gasteiger partial charge is 0.255 e. The summed E-state index contributed by atoms with van der Waals surface area (Å²) in [5, 5.41) is 5.50. The van der Waals surface area contributed by atoms with Crippen LogP contribution in [0.1, 0.15) is 52.0 Å². The second-order valence-electron chi connectivity index (χ2n) is 9.94. The van der Waals surface area contributed by atoms with E-state index in [9.17, 15) is 18.8 Å². The zero-order valence-electron chi connectivity index (χ0n) is 22.2. The molecule has 1 heterocycles. The normalized spacial score (nSPS) is 13.9. The van der Waals surface area contributed by atoms with E-state index in [1.807, 2.05) is 30.3 Å². The Balaban J connectivity index is 1.32. The average Bonchev–Trinajstić information content (AvgIpc) is 3.47. The van der Waals surface area contributed by atoms with Crippen molar-refractivity contribution in [1.82, 2.24) is 4.98 Å². The van der Waals surface area contributed by atoms with Crippen LogP contribution < -0.4 is 16.4 Å². The van der Waals surface area contributed by atoms with Crippen LogP contribution in [0.2, 0.25) is 0 Å². The van der Waals surface area contributed by atoms with Gasteiger partial charge < -0.3 is 21.2 Å². The SMILES string of the molecule is NCc1ccc(C(=O)Nc2ccncc2F)cc1-c1cccc(NC(=O)c2ccc(SC3(C=O)CCCC3)cc2)c1. The maximum atomic E-state index is 14.0. The van der Waals surface area contributed by atoms with Crippen LogP contribution in [0, 0.1) is 5.82 Å². The molecule has 0 atom stereocenters. The molecule has 41 heavy (non-hydrogen) atoms. The van der Waals surface area contributed by atoms with Crippen molar-refractivity contribution in [2.24, 2.45) is 5.73 Å². The first-order valence-electron chi connectivity index (χ1n) is 13.3. The van der Waals surface area contributed by atoms with E-state index in [1.165, 1.54) is 12.3 Å². The van der Waals surface area contributed by atoms with Crippen LogP contribution in [0.25, 0.3) is 11.1 Å². The largest absolute Gasteiger partial charge is 0.326 e. The van der Waals surface area contributed by atoms with Crippen molar-refractivity contribution in [2.45, 2.75) is 41.9 Å². The van der Waals surface area contributed by atoms with Crippen molar-refractivity contribution in [2.75, 3.05) is 10.6 Å². The Morgan fingerprint density at radius 3 is 2.39 bits per heavy atom. The minimum atomic E-state index is -0.629. The number of pyridine rings is 1. The van der Waals surface area contributed by atoms with Crippen molar-refractivity contribution in [3.05, 3.63) is 108 Å². The summed E-state index contributed by atoms with van der Waals surface area (Å²) in [7, 11) is 0. The molecule has 3 aromatic carbocycles. The highest BCUT2D eigenvalue weighted by atomic mass is 32.2. The molecule has 0 radical (unpaired) electrons. The number of aromatic nitrogens is 1. The van der Waals surface area contributed by atoms with Gasteiger partial charge in [-0.1, -0.05) is 31.0 Å². The molecule has 208 valence electrons. The molecule has 1 aliphatic rings. The number of carbonyl (C=O) groups excluding carboxylic acids is 3. The molecule has 9 heteroatoms. The highest BCUT2D eigenvalue weighted by Crippen LogP contribution is 2.43. The summed E-state index contributed by atoms with van der Waals surface area (Å²) < 4.78 is 13.6. The Hall–Kier alpha value is -4.34. The molecular weight excluding hydrogens is 539 g/mol. The number of benzene rings is 3. The Morgan fingerprint density at radius 2 is 1.68 bits per heavy atom. The van der Waals surface area contributed by atoms with Gasteiger partial charge >= 0.3 is 0 Å². The summed E-state index contributed by atoms with van der Waals surface area (Å²) in [6, 6.07) is 21.0. The monoisotopic (exact) mass is 568 g/mol. The number of aldehydes is 1. The molecule has 0 spiro atoms. The predicted octanol–water partition coefficient (Wildman–Crippen LogP) is 6.45. The molecule has 0 saturated heterocycles.